The van der Waals surface area contributed by atoms with Gasteiger partial charge in [0.25, 0.3) is 0 Å². The Morgan fingerprint density at radius 1 is 1.37 bits per heavy atom. The summed E-state index contributed by atoms with van der Waals surface area (Å²) in [7, 11) is 1.78. The Morgan fingerprint density at radius 3 is 2.74 bits per heavy atom. The van der Waals surface area contributed by atoms with Gasteiger partial charge in [-0.2, -0.15) is 0 Å². The molecule has 0 aromatic carbocycles. The normalized spacial score (nSPS) is 18.8. The number of rotatable bonds is 6. The molecule has 1 fully saturated rings. The first kappa shape index (κ1) is 14.3. The van der Waals surface area contributed by atoms with Crippen LogP contribution in [0.1, 0.15) is 39.0 Å². The zero-order valence-electron chi connectivity index (χ0n) is 12.3. The molecule has 5 heteroatoms. The molecule has 5 nitrogen and oxygen atoms in total. The Bertz CT molecular complexity index is 373. The molecule has 0 unspecified atom stereocenters. The highest BCUT2D eigenvalue weighted by Gasteiger charge is 2.26. The summed E-state index contributed by atoms with van der Waals surface area (Å²) in [5.74, 6) is 2.13. The van der Waals surface area contributed by atoms with Gasteiger partial charge in [0.15, 0.2) is 0 Å². The second-order valence-electron chi connectivity index (χ2n) is 5.49. The summed E-state index contributed by atoms with van der Waals surface area (Å²) in [6.07, 6.45) is 4.26. The van der Waals surface area contributed by atoms with Crippen molar-refractivity contribution in [2.24, 2.45) is 11.8 Å². The molecule has 19 heavy (non-hydrogen) atoms. The number of piperidine rings is 1. The SMILES string of the molecule is CCCc1nnc(N2CCC([C@@H](C)COC)CC2)o1. The smallest absolute Gasteiger partial charge is 0.318 e. The molecule has 1 aliphatic heterocycles. The predicted octanol–water partition coefficient (Wildman–Crippen LogP) is 2.52. The van der Waals surface area contributed by atoms with E-state index in [0.717, 1.165) is 44.3 Å². The fourth-order valence-electron chi connectivity index (χ4n) is 2.75. The van der Waals surface area contributed by atoms with E-state index < -0.39 is 0 Å². The lowest BCUT2D eigenvalue weighted by atomic mass is 9.86. The second kappa shape index (κ2) is 6.89. The molecule has 0 aliphatic carbocycles. The number of aromatic nitrogens is 2. The van der Waals surface area contributed by atoms with Crippen LogP contribution in [-0.4, -0.2) is 37.0 Å². The molecule has 2 heterocycles. The summed E-state index contributed by atoms with van der Waals surface area (Å²) in [5.41, 5.74) is 0. The molecule has 0 radical (unpaired) electrons. The molecule has 0 saturated carbocycles. The maximum Gasteiger partial charge on any atom is 0.318 e. The van der Waals surface area contributed by atoms with E-state index in [-0.39, 0.29) is 0 Å². The van der Waals surface area contributed by atoms with Crippen molar-refractivity contribution in [1.29, 1.82) is 0 Å². The van der Waals surface area contributed by atoms with E-state index in [0.29, 0.717) is 11.9 Å². The standard InChI is InChI=1S/C14H25N3O2/c1-4-5-13-15-16-14(19-13)17-8-6-12(7-9-17)11(2)10-18-3/h11-12H,4-10H2,1-3H3/t11-/m0/s1. The fourth-order valence-corrected chi connectivity index (χ4v) is 2.75. The third kappa shape index (κ3) is 3.69. The van der Waals surface area contributed by atoms with Gasteiger partial charge in [-0.15, -0.1) is 5.10 Å². The predicted molar refractivity (Wildman–Crippen MR) is 74.3 cm³/mol. The zero-order valence-corrected chi connectivity index (χ0v) is 12.3. The van der Waals surface area contributed by atoms with Gasteiger partial charge >= 0.3 is 6.01 Å². The summed E-state index contributed by atoms with van der Waals surface area (Å²) in [4.78, 5) is 2.21. The van der Waals surface area contributed by atoms with E-state index in [4.69, 9.17) is 9.15 Å². The first-order valence-electron chi connectivity index (χ1n) is 7.30. The molecule has 0 spiro atoms. The Balaban J connectivity index is 1.85. The largest absolute Gasteiger partial charge is 0.408 e. The minimum atomic E-state index is 0.630. The minimum Gasteiger partial charge on any atom is -0.408 e. The van der Waals surface area contributed by atoms with Crippen LogP contribution in [0.3, 0.4) is 0 Å². The molecule has 108 valence electrons. The van der Waals surface area contributed by atoms with Crippen molar-refractivity contribution < 1.29 is 9.15 Å². The number of nitrogens with zero attached hydrogens (tertiary/aromatic N) is 3. The molecule has 1 atom stereocenters. The summed E-state index contributed by atoms with van der Waals surface area (Å²) in [6, 6.07) is 0.696. The van der Waals surface area contributed by atoms with Crippen LogP contribution in [0.4, 0.5) is 6.01 Å². The quantitative estimate of drug-likeness (QED) is 0.792. The topological polar surface area (TPSA) is 51.4 Å². The van der Waals surface area contributed by atoms with Crippen molar-refractivity contribution in [2.75, 3.05) is 31.7 Å². The summed E-state index contributed by atoms with van der Waals surface area (Å²) < 4.78 is 10.9. The molecule has 0 N–H and O–H groups in total. The highest BCUT2D eigenvalue weighted by molar-refractivity contribution is 5.24. The van der Waals surface area contributed by atoms with E-state index in [2.05, 4.69) is 28.9 Å². The van der Waals surface area contributed by atoms with Crippen LogP contribution in [0.5, 0.6) is 0 Å². The maximum atomic E-state index is 5.69. The van der Waals surface area contributed by atoms with Gasteiger partial charge in [0.2, 0.25) is 5.89 Å². The number of hydrogen-bond donors (Lipinski definition) is 0. The van der Waals surface area contributed by atoms with Crippen LogP contribution in [0.15, 0.2) is 4.42 Å². The lowest BCUT2D eigenvalue weighted by Crippen LogP contribution is -2.36. The van der Waals surface area contributed by atoms with Crippen LogP contribution in [0, 0.1) is 11.8 Å². The third-order valence-electron chi connectivity index (χ3n) is 3.96. The summed E-state index contributed by atoms with van der Waals surface area (Å²) >= 11 is 0. The number of aryl methyl sites for hydroxylation is 1. The second-order valence-corrected chi connectivity index (χ2v) is 5.49. The first-order chi connectivity index (χ1) is 9.24. The number of methoxy groups -OCH3 is 1. The monoisotopic (exact) mass is 267 g/mol. The van der Waals surface area contributed by atoms with E-state index in [1.54, 1.807) is 7.11 Å². The molecule has 0 amide bonds. The summed E-state index contributed by atoms with van der Waals surface area (Å²) in [5, 5.41) is 8.24. The van der Waals surface area contributed by atoms with Gasteiger partial charge in [0.1, 0.15) is 0 Å². The van der Waals surface area contributed by atoms with Gasteiger partial charge in [-0.3, -0.25) is 0 Å². The van der Waals surface area contributed by atoms with Crippen LogP contribution in [0.25, 0.3) is 0 Å². The molecule has 0 bridgehead atoms. The highest BCUT2D eigenvalue weighted by Crippen LogP contribution is 2.27. The Kier molecular flexibility index (Phi) is 5.19. The number of hydrogen-bond acceptors (Lipinski definition) is 5. The Morgan fingerprint density at radius 2 is 2.11 bits per heavy atom. The molecule has 1 saturated heterocycles. The molecule has 1 aromatic rings. The van der Waals surface area contributed by atoms with Gasteiger partial charge < -0.3 is 14.1 Å². The lowest BCUT2D eigenvalue weighted by molar-refractivity contribution is 0.119. The van der Waals surface area contributed by atoms with Crippen molar-refractivity contribution in [3.05, 3.63) is 5.89 Å². The van der Waals surface area contributed by atoms with Crippen molar-refractivity contribution in [3.8, 4) is 0 Å². The molecular weight excluding hydrogens is 242 g/mol. The molecule has 1 aliphatic rings. The van der Waals surface area contributed by atoms with E-state index in [1.165, 1.54) is 12.8 Å². The minimum absolute atomic E-state index is 0.630. The zero-order chi connectivity index (χ0) is 13.7. The van der Waals surface area contributed by atoms with Gasteiger partial charge in [0.05, 0.1) is 0 Å². The third-order valence-corrected chi connectivity index (χ3v) is 3.96. The van der Waals surface area contributed by atoms with Crippen LogP contribution in [-0.2, 0) is 11.2 Å². The molecule has 1 aromatic heterocycles. The number of anilines is 1. The highest BCUT2D eigenvalue weighted by atomic mass is 16.5. The summed E-state index contributed by atoms with van der Waals surface area (Å²) in [6.45, 7) is 7.26. The van der Waals surface area contributed by atoms with Gasteiger partial charge in [-0.25, -0.2) is 0 Å². The first-order valence-corrected chi connectivity index (χ1v) is 7.30. The Labute approximate surface area is 115 Å². The average molecular weight is 267 g/mol. The van der Waals surface area contributed by atoms with Crippen molar-refractivity contribution >= 4 is 6.01 Å². The van der Waals surface area contributed by atoms with Gasteiger partial charge in [-0.1, -0.05) is 18.9 Å². The maximum absolute atomic E-state index is 5.69. The van der Waals surface area contributed by atoms with Crippen molar-refractivity contribution in [3.63, 3.8) is 0 Å². The molecular formula is C14H25N3O2. The van der Waals surface area contributed by atoms with E-state index in [9.17, 15) is 0 Å². The average Bonchev–Trinajstić information content (AvgIpc) is 2.88. The van der Waals surface area contributed by atoms with Crippen molar-refractivity contribution in [2.45, 2.75) is 39.5 Å². The molecule has 2 rings (SSSR count). The lowest BCUT2D eigenvalue weighted by Gasteiger charge is -2.33. The fraction of sp³-hybridized carbons (Fsp3) is 0.857. The van der Waals surface area contributed by atoms with Crippen LogP contribution >= 0.6 is 0 Å². The van der Waals surface area contributed by atoms with Crippen LogP contribution in [0.2, 0.25) is 0 Å². The number of ether oxygens (including phenoxy) is 1. The van der Waals surface area contributed by atoms with Crippen LogP contribution < -0.4 is 4.90 Å². The van der Waals surface area contributed by atoms with Crippen molar-refractivity contribution in [1.82, 2.24) is 10.2 Å². The Hall–Kier alpha value is -1.10. The van der Waals surface area contributed by atoms with E-state index >= 15 is 0 Å². The van der Waals surface area contributed by atoms with Gasteiger partial charge in [-0.05, 0) is 31.1 Å². The van der Waals surface area contributed by atoms with Gasteiger partial charge in [0, 0.05) is 33.2 Å². The van der Waals surface area contributed by atoms with E-state index in [1.807, 2.05) is 0 Å².